The van der Waals surface area contributed by atoms with Crippen molar-refractivity contribution in [3.8, 4) is 5.75 Å². The third-order valence-corrected chi connectivity index (χ3v) is 5.53. The van der Waals surface area contributed by atoms with Crippen molar-refractivity contribution in [2.75, 3.05) is 11.9 Å². The fourth-order valence-corrected chi connectivity index (χ4v) is 3.44. The maximum absolute atomic E-state index is 12.4. The van der Waals surface area contributed by atoms with Gasteiger partial charge in [0, 0.05) is 29.7 Å². The molecule has 3 aromatic rings. The number of hydrogen-bond donors (Lipinski definition) is 4. The van der Waals surface area contributed by atoms with Crippen LogP contribution < -0.4 is 26.2 Å². The van der Waals surface area contributed by atoms with E-state index < -0.39 is 11.8 Å². The van der Waals surface area contributed by atoms with E-state index >= 15 is 0 Å². The summed E-state index contributed by atoms with van der Waals surface area (Å²) in [5.41, 5.74) is 7.50. The molecule has 37 heavy (non-hydrogen) atoms. The standard InChI is InChI=1S/C28H30N4O4S/c1-2-3-9-25(33)29-23-14-10-22(11-15-23)27(35)31-32-28(37)30-26(34)21-12-16-24(17-13-21)36-19-18-20-7-5-4-6-8-20/h4-8,10-17H,2-3,9,18-19H2,1H3,(H,29,33)(H,31,35)(H2,30,32,34,37). The molecule has 0 aromatic heterocycles. The number of unbranched alkanes of at least 4 members (excludes halogenated alkanes) is 1. The van der Waals surface area contributed by atoms with E-state index in [0.29, 0.717) is 35.6 Å². The average molecular weight is 519 g/mol. The molecular weight excluding hydrogens is 488 g/mol. The lowest BCUT2D eigenvalue weighted by atomic mass is 10.2. The molecule has 3 aromatic carbocycles. The lowest BCUT2D eigenvalue weighted by Gasteiger charge is -2.12. The summed E-state index contributed by atoms with van der Waals surface area (Å²) in [5.74, 6) is -0.276. The Hall–Kier alpha value is -4.24. The second-order valence-corrected chi connectivity index (χ2v) is 8.61. The number of hydrazine groups is 1. The number of ether oxygens (including phenoxy) is 1. The first-order chi connectivity index (χ1) is 17.9. The topological polar surface area (TPSA) is 109 Å². The van der Waals surface area contributed by atoms with Crippen molar-refractivity contribution in [3.05, 3.63) is 95.6 Å². The van der Waals surface area contributed by atoms with Crippen LogP contribution in [0.25, 0.3) is 0 Å². The molecule has 0 saturated heterocycles. The van der Waals surface area contributed by atoms with Gasteiger partial charge in [-0.15, -0.1) is 0 Å². The number of hydrogen-bond acceptors (Lipinski definition) is 5. The molecule has 0 heterocycles. The summed E-state index contributed by atoms with van der Waals surface area (Å²) in [6, 6.07) is 23.2. The maximum atomic E-state index is 12.4. The quantitative estimate of drug-likeness (QED) is 0.234. The molecule has 0 unspecified atom stereocenters. The van der Waals surface area contributed by atoms with E-state index in [9.17, 15) is 14.4 Å². The van der Waals surface area contributed by atoms with Gasteiger partial charge in [-0.3, -0.25) is 30.6 Å². The number of amides is 3. The van der Waals surface area contributed by atoms with Crippen LogP contribution in [0.2, 0.25) is 0 Å². The second kappa shape index (κ2) is 14.4. The minimum atomic E-state index is -0.447. The van der Waals surface area contributed by atoms with Gasteiger partial charge in [-0.2, -0.15) is 0 Å². The summed E-state index contributed by atoms with van der Waals surface area (Å²) in [5, 5.41) is 5.25. The van der Waals surface area contributed by atoms with Gasteiger partial charge >= 0.3 is 0 Å². The normalized spacial score (nSPS) is 10.2. The van der Waals surface area contributed by atoms with E-state index in [4.69, 9.17) is 17.0 Å². The number of thiocarbonyl (C=S) groups is 1. The van der Waals surface area contributed by atoms with Crippen molar-refractivity contribution in [1.29, 1.82) is 0 Å². The van der Waals surface area contributed by atoms with Gasteiger partial charge in [0.15, 0.2) is 5.11 Å². The van der Waals surface area contributed by atoms with E-state index in [0.717, 1.165) is 19.3 Å². The highest BCUT2D eigenvalue weighted by atomic mass is 32.1. The highest BCUT2D eigenvalue weighted by Crippen LogP contribution is 2.13. The van der Waals surface area contributed by atoms with Gasteiger partial charge in [0.05, 0.1) is 6.61 Å². The van der Waals surface area contributed by atoms with Gasteiger partial charge in [0.2, 0.25) is 5.91 Å². The van der Waals surface area contributed by atoms with Crippen molar-refractivity contribution in [2.24, 2.45) is 0 Å². The predicted molar refractivity (Wildman–Crippen MR) is 147 cm³/mol. The summed E-state index contributed by atoms with van der Waals surface area (Å²) in [4.78, 5) is 36.6. The van der Waals surface area contributed by atoms with Gasteiger partial charge in [-0.25, -0.2) is 0 Å². The summed E-state index contributed by atoms with van der Waals surface area (Å²) in [6.07, 6.45) is 3.01. The van der Waals surface area contributed by atoms with Gasteiger partial charge in [-0.05, 0) is 72.7 Å². The molecule has 0 radical (unpaired) electrons. The van der Waals surface area contributed by atoms with Crippen LogP contribution >= 0.6 is 12.2 Å². The molecule has 4 N–H and O–H groups in total. The minimum Gasteiger partial charge on any atom is -0.493 e. The first-order valence-corrected chi connectivity index (χ1v) is 12.4. The van der Waals surface area contributed by atoms with Crippen LogP contribution in [0, 0.1) is 0 Å². The Balaban J connectivity index is 1.39. The molecular formula is C28H30N4O4S. The summed E-state index contributed by atoms with van der Waals surface area (Å²) in [7, 11) is 0. The Bertz CT molecular complexity index is 1200. The fourth-order valence-electron chi connectivity index (χ4n) is 3.29. The largest absolute Gasteiger partial charge is 0.493 e. The fraction of sp³-hybridized carbons (Fsp3) is 0.214. The maximum Gasteiger partial charge on any atom is 0.269 e. The molecule has 0 aliphatic rings. The summed E-state index contributed by atoms with van der Waals surface area (Å²) < 4.78 is 5.74. The summed E-state index contributed by atoms with van der Waals surface area (Å²) in [6.45, 7) is 2.55. The van der Waals surface area contributed by atoms with Crippen LogP contribution in [0.4, 0.5) is 5.69 Å². The lowest BCUT2D eigenvalue weighted by Crippen LogP contribution is -2.48. The van der Waals surface area contributed by atoms with Crippen molar-refractivity contribution in [3.63, 3.8) is 0 Å². The van der Waals surface area contributed by atoms with Gasteiger partial charge in [0.25, 0.3) is 11.8 Å². The minimum absolute atomic E-state index is 0.0543. The third-order valence-electron chi connectivity index (χ3n) is 5.32. The number of carbonyl (C=O) groups is 3. The Labute approximate surface area is 221 Å². The van der Waals surface area contributed by atoms with Crippen LogP contribution in [0.1, 0.15) is 52.5 Å². The Morgan fingerprint density at radius 2 is 1.46 bits per heavy atom. The van der Waals surface area contributed by atoms with Crippen molar-refractivity contribution in [2.45, 2.75) is 32.6 Å². The van der Waals surface area contributed by atoms with E-state index in [2.05, 4.69) is 21.5 Å². The second-order valence-electron chi connectivity index (χ2n) is 8.20. The first kappa shape index (κ1) is 27.3. The molecule has 0 spiro atoms. The molecule has 0 bridgehead atoms. The van der Waals surface area contributed by atoms with Crippen molar-refractivity contribution >= 4 is 40.7 Å². The van der Waals surface area contributed by atoms with E-state index in [1.807, 2.05) is 37.3 Å². The Morgan fingerprint density at radius 1 is 0.811 bits per heavy atom. The van der Waals surface area contributed by atoms with E-state index in [1.165, 1.54) is 5.56 Å². The van der Waals surface area contributed by atoms with Crippen LogP contribution in [0.5, 0.6) is 5.75 Å². The van der Waals surface area contributed by atoms with Gasteiger partial charge in [0.1, 0.15) is 5.75 Å². The molecule has 192 valence electrons. The first-order valence-electron chi connectivity index (χ1n) is 12.0. The zero-order valence-corrected chi connectivity index (χ0v) is 21.4. The molecule has 3 rings (SSSR count). The molecule has 0 saturated carbocycles. The van der Waals surface area contributed by atoms with E-state index in [-0.39, 0.29) is 11.0 Å². The number of rotatable bonds is 10. The molecule has 3 amide bonds. The van der Waals surface area contributed by atoms with Gasteiger partial charge < -0.3 is 10.1 Å². The zero-order chi connectivity index (χ0) is 26.5. The summed E-state index contributed by atoms with van der Waals surface area (Å²) >= 11 is 5.10. The molecule has 0 atom stereocenters. The smallest absolute Gasteiger partial charge is 0.269 e. The number of carbonyl (C=O) groups excluding carboxylic acids is 3. The number of benzene rings is 3. The lowest BCUT2D eigenvalue weighted by molar-refractivity contribution is -0.116. The molecule has 0 aliphatic heterocycles. The molecule has 0 fully saturated rings. The van der Waals surface area contributed by atoms with Crippen LogP contribution in [0.3, 0.4) is 0 Å². The zero-order valence-electron chi connectivity index (χ0n) is 20.6. The van der Waals surface area contributed by atoms with Crippen molar-refractivity contribution in [1.82, 2.24) is 16.2 Å². The Kier molecular flexibility index (Phi) is 10.6. The van der Waals surface area contributed by atoms with Crippen molar-refractivity contribution < 1.29 is 19.1 Å². The van der Waals surface area contributed by atoms with Crippen LogP contribution in [0.15, 0.2) is 78.9 Å². The highest BCUT2D eigenvalue weighted by molar-refractivity contribution is 7.80. The number of anilines is 1. The number of nitrogens with one attached hydrogen (secondary N) is 4. The third kappa shape index (κ3) is 9.38. The van der Waals surface area contributed by atoms with Crippen LogP contribution in [-0.4, -0.2) is 29.4 Å². The highest BCUT2D eigenvalue weighted by Gasteiger charge is 2.10. The molecule has 9 heteroatoms. The van der Waals surface area contributed by atoms with Crippen LogP contribution in [-0.2, 0) is 11.2 Å². The monoisotopic (exact) mass is 518 g/mol. The molecule has 8 nitrogen and oxygen atoms in total. The van der Waals surface area contributed by atoms with Gasteiger partial charge in [-0.1, -0.05) is 43.7 Å². The SMILES string of the molecule is CCCCC(=O)Nc1ccc(C(=O)NNC(=S)NC(=O)c2ccc(OCCc3ccccc3)cc2)cc1. The molecule has 0 aliphatic carbocycles. The Morgan fingerprint density at radius 3 is 2.14 bits per heavy atom. The predicted octanol–water partition coefficient (Wildman–Crippen LogP) is 4.39. The van der Waals surface area contributed by atoms with E-state index in [1.54, 1.807) is 48.5 Å². The average Bonchev–Trinajstić information content (AvgIpc) is 2.92.